The van der Waals surface area contributed by atoms with Crippen LogP contribution in [-0.4, -0.2) is 51.5 Å². The van der Waals surface area contributed by atoms with Gasteiger partial charge in [-0.15, -0.1) is 0 Å². The maximum absolute atomic E-state index is 13.0. The highest BCUT2D eigenvalue weighted by Crippen LogP contribution is 2.39. The number of H-pyrrole nitrogens is 1. The number of hydrogen-bond acceptors (Lipinski definition) is 5. The van der Waals surface area contributed by atoms with Crippen molar-refractivity contribution in [3.8, 4) is 0 Å². The molecule has 1 aliphatic carbocycles. The van der Waals surface area contributed by atoms with Gasteiger partial charge in [0.15, 0.2) is 5.65 Å². The number of amides is 1. The Morgan fingerprint density at radius 1 is 1.21 bits per heavy atom. The monoisotopic (exact) mass is 399 g/mol. The summed E-state index contributed by atoms with van der Waals surface area (Å²) in [6.07, 6.45) is 6.47. The van der Waals surface area contributed by atoms with Gasteiger partial charge in [0.1, 0.15) is 0 Å². The molecule has 1 saturated carbocycles. The lowest BCUT2D eigenvalue weighted by Crippen LogP contribution is -2.38. The molecule has 1 aliphatic heterocycles. The molecule has 29 heavy (non-hydrogen) atoms. The molecule has 2 aromatic rings. The summed E-state index contributed by atoms with van der Waals surface area (Å²) in [5.74, 6) is 0.0345. The number of aromatic amines is 1. The van der Waals surface area contributed by atoms with Gasteiger partial charge in [0.2, 0.25) is 0 Å². The fourth-order valence-corrected chi connectivity index (χ4v) is 4.10. The lowest BCUT2D eigenvalue weighted by atomic mass is 10.1. The Hall–Kier alpha value is -2.48. The molecular weight excluding hydrogens is 370 g/mol. The smallest absolute Gasteiger partial charge is 0.329 e. The van der Waals surface area contributed by atoms with Crippen molar-refractivity contribution in [3.05, 3.63) is 38.2 Å². The molecule has 156 valence electrons. The summed E-state index contributed by atoms with van der Waals surface area (Å²) in [5, 5.41) is 3.18. The largest absolute Gasteiger partial charge is 0.351 e. The lowest BCUT2D eigenvalue weighted by Gasteiger charge is -2.26. The van der Waals surface area contributed by atoms with Crippen molar-refractivity contribution in [3.63, 3.8) is 0 Å². The van der Waals surface area contributed by atoms with Crippen LogP contribution in [0.4, 0.5) is 0 Å². The van der Waals surface area contributed by atoms with Gasteiger partial charge in [0, 0.05) is 31.2 Å². The van der Waals surface area contributed by atoms with E-state index in [-0.39, 0.29) is 11.3 Å². The van der Waals surface area contributed by atoms with Crippen molar-refractivity contribution < 1.29 is 4.79 Å². The van der Waals surface area contributed by atoms with Crippen molar-refractivity contribution in [2.24, 2.45) is 0 Å². The first-order valence-corrected chi connectivity index (χ1v) is 10.8. The molecule has 8 heteroatoms. The Morgan fingerprint density at radius 2 is 1.97 bits per heavy atom. The molecular formula is C21H29N5O3. The van der Waals surface area contributed by atoms with Gasteiger partial charge in [-0.2, -0.15) is 0 Å². The van der Waals surface area contributed by atoms with E-state index >= 15 is 0 Å². The Balaban J connectivity index is 1.66. The average Bonchev–Trinajstić information content (AvgIpc) is 3.56. The fourth-order valence-electron chi connectivity index (χ4n) is 4.10. The van der Waals surface area contributed by atoms with E-state index in [1.807, 2.05) is 6.92 Å². The normalized spacial score (nSPS) is 17.6. The first-order valence-electron chi connectivity index (χ1n) is 10.8. The zero-order chi connectivity index (χ0) is 20.4. The van der Waals surface area contributed by atoms with Gasteiger partial charge in [-0.25, -0.2) is 9.78 Å². The second-order valence-electron chi connectivity index (χ2n) is 8.14. The van der Waals surface area contributed by atoms with Gasteiger partial charge in [0.05, 0.1) is 10.9 Å². The summed E-state index contributed by atoms with van der Waals surface area (Å²) < 4.78 is 1.48. The van der Waals surface area contributed by atoms with E-state index in [0.717, 1.165) is 44.6 Å². The van der Waals surface area contributed by atoms with Gasteiger partial charge in [-0.1, -0.05) is 13.3 Å². The second-order valence-corrected chi connectivity index (χ2v) is 8.14. The molecule has 8 nitrogen and oxygen atoms in total. The van der Waals surface area contributed by atoms with Crippen LogP contribution in [0, 0.1) is 0 Å². The number of hydrogen-bond donors (Lipinski definition) is 2. The minimum absolute atomic E-state index is 0.206. The van der Waals surface area contributed by atoms with Crippen LogP contribution < -0.4 is 16.6 Å². The minimum atomic E-state index is -0.548. The van der Waals surface area contributed by atoms with Crippen molar-refractivity contribution in [1.29, 1.82) is 0 Å². The number of aromatic nitrogens is 3. The molecule has 0 aromatic carbocycles. The van der Waals surface area contributed by atoms with Crippen LogP contribution in [0.15, 0.2) is 15.7 Å². The standard InChI is InChI=1S/C21H29N5O3/c1-2-9-26-18-17(20(28)24-21(26)29)15(13-16(23-18)14-6-7-14)19(27)22-8-12-25-10-4-3-5-11-25/h13-14H,2-12H2,1H3,(H,22,27)(H,24,28,29). The minimum Gasteiger partial charge on any atom is -0.351 e. The van der Waals surface area contributed by atoms with Gasteiger partial charge >= 0.3 is 5.69 Å². The molecule has 2 N–H and O–H groups in total. The summed E-state index contributed by atoms with van der Waals surface area (Å²) in [7, 11) is 0. The Morgan fingerprint density at radius 3 is 2.66 bits per heavy atom. The number of carbonyl (C=O) groups excluding carboxylic acids is 1. The number of nitrogens with zero attached hydrogens (tertiary/aromatic N) is 3. The zero-order valence-corrected chi connectivity index (χ0v) is 17.0. The van der Waals surface area contributed by atoms with Gasteiger partial charge in [-0.3, -0.25) is 19.1 Å². The molecule has 0 radical (unpaired) electrons. The Kier molecular flexibility index (Phi) is 5.80. The van der Waals surface area contributed by atoms with Crippen LogP contribution in [0.1, 0.15) is 67.4 Å². The van der Waals surface area contributed by atoms with E-state index in [2.05, 4.69) is 20.2 Å². The number of likely N-dealkylation sites (tertiary alicyclic amines) is 1. The summed E-state index contributed by atoms with van der Waals surface area (Å²) in [6, 6.07) is 1.74. The van der Waals surface area contributed by atoms with Gasteiger partial charge in [0.25, 0.3) is 11.5 Å². The number of aryl methyl sites for hydroxylation is 1. The van der Waals surface area contributed by atoms with E-state index in [4.69, 9.17) is 0 Å². The van der Waals surface area contributed by atoms with Gasteiger partial charge < -0.3 is 10.2 Å². The highest BCUT2D eigenvalue weighted by molar-refractivity contribution is 6.05. The van der Waals surface area contributed by atoms with Crippen LogP contribution in [-0.2, 0) is 6.54 Å². The molecule has 1 amide bonds. The fraction of sp³-hybridized carbons (Fsp3) is 0.619. The zero-order valence-electron chi connectivity index (χ0n) is 17.0. The predicted octanol–water partition coefficient (Wildman–Crippen LogP) is 1.59. The molecule has 2 fully saturated rings. The highest BCUT2D eigenvalue weighted by Gasteiger charge is 2.28. The predicted molar refractivity (Wildman–Crippen MR) is 112 cm³/mol. The molecule has 4 rings (SSSR count). The number of piperidine rings is 1. The van der Waals surface area contributed by atoms with Crippen molar-refractivity contribution >= 4 is 16.9 Å². The van der Waals surface area contributed by atoms with Crippen LogP contribution in [0.3, 0.4) is 0 Å². The molecule has 2 aromatic heterocycles. The molecule has 1 saturated heterocycles. The average molecular weight is 399 g/mol. The molecule has 0 atom stereocenters. The van der Waals surface area contributed by atoms with E-state index < -0.39 is 11.2 Å². The van der Waals surface area contributed by atoms with Crippen LogP contribution in [0.5, 0.6) is 0 Å². The molecule has 2 aliphatic rings. The number of rotatable bonds is 7. The first kappa shape index (κ1) is 19.8. The molecule has 0 bridgehead atoms. The third-order valence-electron chi connectivity index (χ3n) is 5.82. The third-order valence-corrected chi connectivity index (χ3v) is 5.82. The summed E-state index contributed by atoms with van der Waals surface area (Å²) in [5.41, 5.74) is 0.427. The maximum Gasteiger partial charge on any atom is 0.329 e. The third kappa shape index (κ3) is 4.27. The van der Waals surface area contributed by atoms with Crippen molar-refractivity contribution in [2.45, 2.75) is 57.9 Å². The van der Waals surface area contributed by atoms with E-state index in [0.29, 0.717) is 30.2 Å². The number of nitrogens with one attached hydrogen (secondary N) is 2. The quantitative estimate of drug-likeness (QED) is 0.736. The number of fused-ring (bicyclic) bond motifs is 1. The van der Waals surface area contributed by atoms with E-state index in [1.165, 1.54) is 23.8 Å². The lowest BCUT2D eigenvalue weighted by molar-refractivity contribution is 0.0948. The van der Waals surface area contributed by atoms with Gasteiger partial charge in [-0.05, 0) is 51.3 Å². The van der Waals surface area contributed by atoms with E-state index in [9.17, 15) is 14.4 Å². The first-order chi connectivity index (χ1) is 14.1. The topological polar surface area (TPSA) is 100 Å². The summed E-state index contributed by atoms with van der Waals surface area (Å²) in [6.45, 7) is 5.90. The van der Waals surface area contributed by atoms with E-state index in [1.54, 1.807) is 6.07 Å². The van der Waals surface area contributed by atoms with Crippen molar-refractivity contribution in [1.82, 2.24) is 24.8 Å². The second kappa shape index (κ2) is 8.49. The molecule has 3 heterocycles. The molecule has 0 spiro atoms. The number of pyridine rings is 1. The summed E-state index contributed by atoms with van der Waals surface area (Å²) in [4.78, 5) is 47.3. The Labute approximate surface area is 169 Å². The van der Waals surface area contributed by atoms with Crippen molar-refractivity contribution in [2.75, 3.05) is 26.2 Å². The maximum atomic E-state index is 13.0. The van der Waals surface area contributed by atoms with Crippen LogP contribution in [0.2, 0.25) is 0 Å². The summed E-state index contributed by atoms with van der Waals surface area (Å²) >= 11 is 0. The number of carbonyl (C=O) groups is 1. The Bertz CT molecular complexity index is 1020. The SMILES string of the molecule is CCCn1c(=O)[nH]c(=O)c2c(C(=O)NCCN3CCCCC3)cc(C3CC3)nc21. The van der Waals surface area contributed by atoms with Crippen LogP contribution in [0.25, 0.3) is 11.0 Å². The van der Waals surface area contributed by atoms with Crippen LogP contribution >= 0.6 is 0 Å². The highest BCUT2D eigenvalue weighted by atomic mass is 16.2. The molecule has 0 unspecified atom stereocenters.